The zero-order chi connectivity index (χ0) is 15.2. The van der Waals surface area contributed by atoms with E-state index in [4.69, 9.17) is 9.84 Å². The van der Waals surface area contributed by atoms with E-state index >= 15 is 0 Å². The fourth-order valence-corrected chi connectivity index (χ4v) is 2.53. The Kier molecular flexibility index (Phi) is 5.38. The van der Waals surface area contributed by atoms with Crippen molar-refractivity contribution in [2.75, 3.05) is 39.3 Å². The molecule has 0 aromatic carbocycles. The van der Waals surface area contributed by atoms with Crippen molar-refractivity contribution in [2.45, 2.75) is 25.4 Å². The average Bonchev–Trinajstić information content (AvgIpc) is 2.47. The molecule has 2 heterocycles. The van der Waals surface area contributed by atoms with E-state index in [-0.39, 0.29) is 37.6 Å². The molecule has 0 unspecified atom stereocenters. The Balaban J connectivity index is 1.71. The monoisotopic (exact) mass is 299 g/mol. The number of likely N-dealkylation sites (tertiary alicyclic amines) is 1. The Morgan fingerprint density at radius 2 is 1.95 bits per heavy atom. The van der Waals surface area contributed by atoms with Gasteiger partial charge in [0.2, 0.25) is 5.91 Å². The van der Waals surface area contributed by atoms with Gasteiger partial charge in [0.15, 0.2) is 0 Å². The van der Waals surface area contributed by atoms with Crippen molar-refractivity contribution >= 4 is 17.9 Å². The second kappa shape index (κ2) is 7.26. The third kappa shape index (κ3) is 4.59. The minimum absolute atomic E-state index is 0.00202. The van der Waals surface area contributed by atoms with Gasteiger partial charge in [-0.25, -0.2) is 4.79 Å². The van der Waals surface area contributed by atoms with Gasteiger partial charge in [-0.05, 0) is 12.8 Å². The quantitative estimate of drug-likeness (QED) is 0.728. The van der Waals surface area contributed by atoms with Crippen LogP contribution in [-0.4, -0.2) is 78.2 Å². The van der Waals surface area contributed by atoms with Crippen LogP contribution in [0.5, 0.6) is 0 Å². The number of piperidine rings is 1. The first kappa shape index (κ1) is 15.6. The lowest BCUT2D eigenvalue weighted by molar-refractivity contribution is -0.138. The van der Waals surface area contributed by atoms with Gasteiger partial charge in [0.05, 0.1) is 19.1 Å². The maximum Gasteiger partial charge on any atom is 0.320 e. The topological polar surface area (TPSA) is 99.2 Å². The second-order valence-electron chi connectivity index (χ2n) is 5.26. The van der Waals surface area contributed by atoms with Crippen LogP contribution in [0.1, 0.15) is 19.3 Å². The van der Waals surface area contributed by atoms with Crippen LogP contribution in [0.3, 0.4) is 0 Å². The summed E-state index contributed by atoms with van der Waals surface area (Å²) in [6.07, 6.45) is 1.41. The van der Waals surface area contributed by atoms with Crippen molar-refractivity contribution in [1.82, 2.24) is 15.1 Å². The van der Waals surface area contributed by atoms with Gasteiger partial charge >= 0.3 is 12.0 Å². The van der Waals surface area contributed by atoms with Gasteiger partial charge in [-0.15, -0.1) is 0 Å². The number of carboxylic acids is 1. The molecule has 21 heavy (non-hydrogen) atoms. The van der Waals surface area contributed by atoms with Gasteiger partial charge in [0, 0.05) is 26.2 Å². The SMILES string of the molecule is O=C(O)CCOC1CCN(C(=O)N2CCNC(=O)C2)CC1. The van der Waals surface area contributed by atoms with Crippen molar-refractivity contribution in [2.24, 2.45) is 0 Å². The molecule has 2 rings (SSSR count). The average molecular weight is 299 g/mol. The van der Waals surface area contributed by atoms with Crippen molar-refractivity contribution in [3.05, 3.63) is 0 Å². The van der Waals surface area contributed by atoms with Crippen molar-refractivity contribution in [3.8, 4) is 0 Å². The highest BCUT2D eigenvalue weighted by Crippen LogP contribution is 2.16. The molecule has 3 amide bonds. The molecule has 2 aliphatic heterocycles. The summed E-state index contributed by atoms with van der Waals surface area (Å²) < 4.78 is 5.49. The fraction of sp³-hybridized carbons (Fsp3) is 0.769. The molecule has 0 aromatic heterocycles. The number of aliphatic carboxylic acids is 1. The van der Waals surface area contributed by atoms with E-state index in [1.807, 2.05) is 0 Å². The van der Waals surface area contributed by atoms with E-state index < -0.39 is 5.97 Å². The zero-order valence-corrected chi connectivity index (χ0v) is 11.9. The molecule has 0 radical (unpaired) electrons. The number of rotatable bonds is 4. The molecule has 0 atom stereocenters. The first-order chi connectivity index (χ1) is 10.1. The Bertz CT molecular complexity index is 407. The summed E-state index contributed by atoms with van der Waals surface area (Å²) in [5, 5.41) is 11.2. The van der Waals surface area contributed by atoms with Gasteiger partial charge in [-0.2, -0.15) is 0 Å². The lowest BCUT2D eigenvalue weighted by atomic mass is 10.1. The van der Waals surface area contributed by atoms with Crippen molar-refractivity contribution in [3.63, 3.8) is 0 Å². The molecule has 2 saturated heterocycles. The molecule has 2 fully saturated rings. The second-order valence-corrected chi connectivity index (χ2v) is 5.26. The number of carboxylic acid groups (broad SMARTS) is 1. The predicted molar refractivity (Wildman–Crippen MR) is 72.8 cm³/mol. The molecule has 118 valence electrons. The highest BCUT2D eigenvalue weighted by Gasteiger charge is 2.29. The zero-order valence-electron chi connectivity index (χ0n) is 11.9. The van der Waals surface area contributed by atoms with Crippen LogP contribution >= 0.6 is 0 Å². The van der Waals surface area contributed by atoms with Crippen LogP contribution in [-0.2, 0) is 14.3 Å². The van der Waals surface area contributed by atoms with Crippen LogP contribution in [0.25, 0.3) is 0 Å². The molecule has 8 nitrogen and oxygen atoms in total. The number of nitrogens with one attached hydrogen (secondary N) is 1. The lowest BCUT2D eigenvalue weighted by Crippen LogP contribution is -2.55. The predicted octanol–water partition coefficient (Wildman–Crippen LogP) is -0.506. The first-order valence-corrected chi connectivity index (χ1v) is 7.20. The van der Waals surface area contributed by atoms with Gasteiger partial charge < -0.3 is 25.0 Å². The van der Waals surface area contributed by atoms with Crippen molar-refractivity contribution < 1.29 is 24.2 Å². The first-order valence-electron chi connectivity index (χ1n) is 7.20. The summed E-state index contributed by atoms with van der Waals surface area (Å²) in [6.45, 7) is 2.52. The summed E-state index contributed by atoms with van der Waals surface area (Å²) in [6, 6.07) is -0.103. The molecule has 2 N–H and O–H groups in total. The third-order valence-corrected chi connectivity index (χ3v) is 3.69. The Morgan fingerprint density at radius 3 is 2.57 bits per heavy atom. The minimum atomic E-state index is -0.869. The molecular weight excluding hydrogens is 278 g/mol. The van der Waals surface area contributed by atoms with Crippen LogP contribution in [0.2, 0.25) is 0 Å². The molecule has 2 aliphatic rings. The molecule has 0 spiro atoms. The molecule has 8 heteroatoms. The third-order valence-electron chi connectivity index (χ3n) is 3.69. The largest absolute Gasteiger partial charge is 0.481 e. The minimum Gasteiger partial charge on any atom is -0.481 e. The molecular formula is C13H21N3O5. The highest BCUT2D eigenvalue weighted by atomic mass is 16.5. The van der Waals surface area contributed by atoms with E-state index in [2.05, 4.69) is 5.32 Å². The molecule has 0 bridgehead atoms. The van der Waals surface area contributed by atoms with E-state index in [9.17, 15) is 14.4 Å². The maximum atomic E-state index is 12.3. The Morgan fingerprint density at radius 1 is 1.24 bits per heavy atom. The number of ether oxygens (including phenoxy) is 1. The Hall–Kier alpha value is -1.83. The van der Waals surface area contributed by atoms with E-state index in [1.165, 1.54) is 0 Å². The smallest absolute Gasteiger partial charge is 0.320 e. The van der Waals surface area contributed by atoms with Gasteiger partial charge in [0.25, 0.3) is 0 Å². The number of nitrogens with zero attached hydrogens (tertiary/aromatic N) is 2. The number of hydrogen-bond donors (Lipinski definition) is 2. The number of carbonyl (C=O) groups excluding carboxylic acids is 2. The number of hydrogen-bond acceptors (Lipinski definition) is 4. The van der Waals surface area contributed by atoms with Gasteiger partial charge in [-0.3, -0.25) is 9.59 Å². The lowest BCUT2D eigenvalue weighted by Gasteiger charge is -2.36. The summed E-state index contributed by atoms with van der Waals surface area (Å²) in [5.74, 6) is -0.993. The molecule has 0 saturated carbocycles. The van der Waals surface area contributed by atoms with E-state index in [0.29, 0.717) is 39.0 Å². The summed E-state index contributed by atoms with van der Waals surface area (Å²) in [7, 11) is 0. The van der Waals surface area contributed by atoms with Crippen LogP contribution in [0.15, 0.2) is 0 Å². The number of carbonyl (C=O) groups is 3. The normalized spacial score (nSPS) is 20.3. The standard InChI is InChI=1S/C13H21N3O5/c17-11-9-16(7-4-14-11)13(20)15-5-1-10(2-6-15)21-8-3-12(18)19/h10H,1-9H2,(H,14,17)(H,18,19). The maximum absolute atomic E-state index is 12.3. The number of amides is 3. The van der Waals surface area contributed by atoms with Crippen molar-refractivity contribution in [1.29, 1.82) is 0 Å². The highest BCUT2D eigenvalue weighted by molar-refractivity contribution is 5.85. The number of piperazine rings is 1. The van der Waals surface area contributed by atoms with Crippen LogP contribution in [0, 0.1) is 0 Å². The van der Waals surface area contributed by atoms with Crippen LogP contribution in [0.4, 0.5) is 4.79 Å². The molecule has 0 aliphatic carbocycles. The summed E-state index contributed by atoms with van der Waals surface area (Å²) in [5.41, 5.74) is 0. The van der Waals surface area contributed by atoms with E-state index in [0.717, 1.165) is 0 Å². The van der Waals surface area contributed by atoms with Gasteiger partial charge in [-0.1, -0.05) is 0 Å². The van der Waals surface area contributed by atoms with Gasteiger partial charge in [0.1, 0.15) is 6.54 Å². The van der Waals surface area contributed by atoms with Crippen LogP contribution < -0.4 is 5.32 Å². The fourth-order valence-electron chi connectivity index (χ4n) is 2.53. The number of urea groups is 1. The Labute approximate surface area is 123 Å². The summed E-state index contributed by atoms with van der Waals surface area (Å²) >= 11 is 0. The molecule has 0 aromatic rings. The summed E-state index contributed by atoms with van der Waals surface area (Å²) in [4.78, 5) is 37.3. The van der Waals surface area contributed by atoms with E-state index in [1.54, 1.807) is 9.80 Å².